The highest BCUT2D eigenvalue weighted by molar-refractivity contribution is 5.15. The molecule has 0 aliphatic heterocycles. The fourth-order valence-corrected chi connectivity index (χ4v) is 3.32. The normalized spacial score (nSPS) is 21.1. The fraction of sp³-hybridized carbons (Fsp3) is 0.556. The molecule has 0 heterocycles. The van der Waals surface area contributed by atoms with E-state index in [9.17, 15) is 10.2 Å². The Balaban J connectivity index is 1.97. The standard InChI is InChI=1S/C18H26O2/c1-2-18(20,16-11-7-4-8-12-16)17(19)14-13-15-9-5-3-6-10-15/h2-3,5-6,9-10,16-17,19-20H,1,4,7-8,11-14H2/t17-,18-/m0/s1. The summed E-state index contributed by atoms with van der Waals surface area (Å²) < 4.78 is 0. The first-order valence-electron chi connectivity index (χ1n) is 7.75. The van der Waals surface area contributed by atoms with Gasteiger partial charge in [-0.2, -0.15) is 0 Å². The van der Waals surface area contributed by atoms with Crippen molar-refractivity contribution in [3.8, 4) is 0 Å². The van der Waals surface area contributed by atoms with Crippen LogP contribution in [0.3, 0.4) is 0 Å². The maximum Gasteiger partial charge on any atom is 0.111 e. The lowest BCUT2D eigenvalue weighted by atomic mass is 9.73. The Kier molecular flexibility index (Phi) is 5.38. The second-order valence-corrected chi connectivity index (χ2v) is 5.97. The van der Waals surface area contributed by atoms with Crippen molar-refractivity contribution in [1.29, 1.82) is 0 Å². The summed E-state index contributed by atoms with van der Waals surface area (Å²) in [4.78, 5) is 0. The first-order chi connectivity index (χ1) is 9.66. The first kappa shape index (κ1) is 15.3. The molecule has 0 amide bonds. The van der Waals surface area contributed by atoms with E-state index >= 15 is 0 Å². The molecule has 1 aromatic rings. The third-order valence-electron chi connectivity index (χ3n) is 4.67. The summed E-state index contributed by atoms with van der Waals surface area (Å²) in [6.45, 7) is 3.77. The van der Waals surface area contributed by atoms with E-state index in [4.69, 9.17) is 0 Å². The summed E-state index contributed by atoms with van der Waals surface area (Å²) in [5.74, 6) is 0.152. The maximum absolute atomic E-state index is 10.8. The molecule has 1 aromatic carbocycles. The second-order valence-electron chi connectivity index (χ2n) is 5.97. The SMILES string of the molecule is C=C[C@](O)(C1CCCCC1)[C@@H](O)CCc1ccccc1. The summed E-state index contributed by atoms with van der Waals surface area (Å²) >= 11 is 0. The van der Waals surface area contributed by atoms with Gasteiger partial charge in [0.05, 0.1) is 6.10 Å². The second kappa shape index (κ2) is 7.05. The fourth-order valence-electron chi connectivity index (χ4n) is 3.32. The van der Waals surface area contributed by atoms with Crippen LogP contribution in [0.5, 0.6) is 0 Å². The number of aliphatic hydroxyl groups excluding tert-OH is 1. The van der Waals surface area contributed by atoms with Crippen molar-refractivity contribution in [2.45, 2.75) is 56.7 Å². The van der Waals surface area contributed by atoms with Crippen LogP contribution in [0.2, 0.25) is 0 Å². The zero-order chi connectivity index (χ0) is 14.4. The lowest BCUT2D eigenvalue weighted by Gasteiger charge is -2.39. The van der Waals surface area contributed by atoms with Gasteiger partial charge in [-0.05, 0) is 37.2 Å². The molecule has 2 atom stereocenters. The van der Waals surface area contributed by atoms with E-state index < -0.39 is 11.7 Å². The van der Waals surface area contributed by atoms with Gasteiger partial charge in [0.2, 0.25) is 0 Å². The van der Waals surface area contributed by atoms with Gasteiger partial charge < -0.3 is 10.2 Å². The molecule has 1 fully saturated rings. The predicted molar refractivity (Wildman–Crippen MR) is 82.5 cm³/mol. The smallest absolute Gasteiger partial charge is 0.111 e. The summed E-state index contributed by atoms with van der Waals surface area (Å²) in [7, 11) is 0. The van der Waals surface area contributed by atoms with Crippen LogP contribution < -0.4 is 0 Å². The highest BCUT2D eigenvalue weighted by Gasteiger charge is 2.40. The van der Waals surface area contributed by atoms with Crippen LogP contribution in [0, 0.1) is 5.92 Å². The monoisotopic (exact) mass is 274 g/mol. The van der Waals surface area contributed by atoms with Gasteiger partial charge in [-0.15, -0.1) is 6.58 Å². The summed E-state index contributed by atoms with van der Waals surface area (Å²) in [5, 5.41) is 21.3. The van der Waals surface area contributed by atoms with E-state index in [1.807, 2.05) is 18.2 Å². The minimum absolute atomic E-state index is 0.152. The quantitative estimate of drug-likeness (QED) is 0.780. The lowest BCUT2D eigenvalue weighted by Crippen LogP contribution is -2.48. The minimum atomic E-state index is -1.13. The van der Waals surface area contributed by atoms with E-state index in [-0.39, 0.29) is 5.92 Å². The molecule has 0 saturated heterocycles. The molecule has 2 nitrogen and oxygen atoms in total. The van der Waals surface area contributed by atoms with Crippen molar-refractivity contribution in [2.75, 3.05) is 0 Å². The molecule has 2 rings (SSSR count). The number of hydrogen-bond donors (Lipinski definition) is 2. The van der Waals surface area contributed by atoms with Crippen molar-refractivity contribution < 1.29 is 10.2 Å². The van der Waals surface area contributed by atoms with Gasteiger partial charge in [0.25, 0.3) is 0 Å². The molecule has 0 unspecified atom stereocenters. The van der Waals surface area contributed by atoms with Crippen molar-refractivity contribution >= 4 is 0 Å². The zero-order valence-electron chi connectivity index (χ0n) is 12.2. The number of hydrogen-bond acceptors (Lipinski definition) is 2. The average Bonchev–Trinajstić information content (AvgIpc) is 2.53. The van der Waals surface area contributed by atoms with Gasteiger partial charge in [0.1, 0.15) is 5.60 Å². The molecule has 1 aliphatic rings. The van der Waals surface area contributed by atoms with Gasteiger partial charge in [-0.25, -0.2) is 0 Å². The summed E-state index contributed by atoms with van der Waals surface area (Å²) in [5.41, 5.74) is 0.0662. The molecule has 0 aromatic heterocycles. The van der Waals surface area contributed by atoms with E-state index in [0.717, 1.165) is 32.1 Å². The highest BCUT2D eigenvalue weighted by Crippen LogP contribution is 2.36. The van der Waals surface area contributed by atoms with Gasteiger partial charge in [-0.3, -0.25) is 0 Å². The zero-order valence-corrected chi connectivity index (χ0v) is 12.2. The van der Waals surface area contributed by atoms with Crippen molar-refractivity contribution in [1.82, 2.24) is 0 Å². The van der Waals surface area contributed by atoms with Crippen LogP contribution in [-0.2, 0) is 6.42 Å². The number of rotatable bonds is 6. The van der Waals surface area contributed by atoms with Crippen LogP contribution in [-0.4, -0.2) is 21.9 Å². The van der Waals surface area contributed by atoms with Crippen molar-refractivity contribution in [2.24, 2.45) is 5.92 Å². The minimum Gasteiger partial charge on any atom is -0.390 e. The summed E-state index contributed by atoms with van der Waals surface area (Å²) in [6.07, 6.45) is 7.70. The van der Waals surface area contributed by atoms with E-state index in [0.29, 0.717) is 6.42 Å². The largest absolute Gasteiger partial charge is 0.390 e. The van der Waals surface area contributed by atoms with Crippen molar-refractivity contribution in [3.63, 3.8) is 0 Å². The third kappa shape index (κ3) is 3.50. The Labute approximate surface area is 122 Å². The molecule has 0 radical (unpaired) electrons. The van der Waals surface area contributed by atoms with Crippen LogP contribution in [0.4, 0.5) is 0 Å². The molecule has 2 heteroatoms. The molecule has 110 valence electrons. The van der Waals surface area contributed by atoms with E-state index in [2.05, 4.69) is 18.7 Å². The van der Waals surface area contributed by atoms with Crippen LogP contribution in [0.15, 0.2) is 43.0 Å². The summed E-state index contributed by atoms with van der Waals surface area (Å²) in [6, 6.07) is 10.1. The number of aryl methyl sites for hydroxylation is 1. The Morgan fingerprint density at radius 3 is 2.45 bits per heavy atom. The molecular weight excluding hydrogens is 248 g/mol. The highest BCUT2D eigenvalue weighted by atomic mass is 16.3. The van der Waals surface area contributed by atoms with Gasteiger partial charge in [0, 0.05) is 0 Å². The molecule has 1 aliphatic carbocycles. The Morgan fingerprint density at radius 1 is 1.20 bits per heavy atom. The topological polar surface area (TPSA) is 40.5 Å². The molecule has 1 saturated carbocycles. The maximum atomic E-state index is 10.8. The van der Waals surface area contributed by atoms with Crippen LogP contribution >= 0.6 is 0 Å². The Bertz CT molecular complexity index is 409. The molecule has 20 heavy (non-hydrogen) atoms. The Hall–Kier alpha value is -1.12. The lowest BCUT2D eigenvalue weighted by molar-refractivity contribution is -0.0894. The first-order valence-corrected chi connectivity index (χ1v) is 7.75. The number of benzene rings is 1. The van der Waals surface area contributed by atoms with Crippen LogP contribution in [0.1, 0.15) is 44.1 Å². The van der Waals surface area contributed by atoms with E-state index in [1.54, 1.807) is 6.08 Å². The third-order valence-corrected chi connectivity index (χ3v) is 4.67. The van der Waals surface area contributed by atoms with E-state index in [1.165, 1.54) is 12.0 Å². The predicted octanol–water partition coefficient (Wildman–Crippen LogP) is 3.48. The van der Waals surface area contributed by atoms with Gasteiger partial charge in [-0.1, -0.05) is 55.7 Å². The van der Waals surface area contributed by atoms with Crippen LogP contribution in [0.25, 0.3) is 0 Å². The molecule has 2 N–H and O–H groups in total. The van der Waals surface area contributed by atoms with Crippen molar-refractivity contribution in [3.05, 3.63) is 48.6 Å². The Morgan fingerprint density at radius 2 is 1.85 bits per heavy atom. The molecular formula is C18H26O2. The number of aliphatic hydroxyl groups is 2. The molecule has 0 bridgehead atoms. The van der Waals surface area contributed by atoms with Gasteiger partial charge >= 0.3 is 0 Å². The average molecular weight is 274 g/mol. The molecule has 0 spiro atoms. The van der Waals surface area contributed by atoms with Gasteiger partial charge in [0.15, 0.2) is 0 Å².